The number of esters is 1. The van der Waals surface area contributed by atoms with Crippen molar-refractivity contribution in [1.29, 1.82) is 0 Å². The van der Waals surface area contributed by atoms with E-state index in [1.54, 1.807) is 11.6 Å². The van der Waals surface area contributed by atoms with Crippen LogP contribution in [-0.2, 0) is 9.53 Å². The van der Waals surface area contributed by atoms with Gasteiger partial charge in [-0.1, -0.05) is 29.5 Å². The van der Waals surface area contributed by atoms with Crippen molar-refractivity contribution < 1.29 is 9.53 Å². The van der Waals surface area contributed by atoms with Gasteiger partial charge in [0.2, 0.25) is 5.16 Å². The van der Waals surface area contributed by atoms with Crippen LogP contribution in [0.3, 0.4) is 0 Å². The molecule has 0 N–H and O–H groups in total. The summed E-state index contributed by atoms with van der Waals surface area (Å²) >= 11 is 1.27. The summed E-state index contributed by atoms with van der Waals surface area (Å²) in [4.78, 5) is 11.5. The number of benzene rings is 1. The number of nitrogens with zero attached hydrogens (tertiary/aromatic N) is 4. The van der Waals surface area contributed by atoms with Crippen molar-refractivity contribution in [3.63, 3.8) is 0 Å². The fraction of sp³-hybridized carbons (Fsp3) is 0.385. The number of thioether (sulfide) groups is 1. The predicted octanol–water partition coefficient (Wildman–Crippen LogP) is 1.93. The molecule has 1 aromatic carbocycles. The summed E-state index contributed by atoms with van der Waals surface area (Å²) < 4.78 is 6.35. The van der Waals surface area contributed by atoms with Crippen molar-refractivity contribution in [2.45, 2.75) is 31.2 Å². The Labute approximate surface area is 121 Å². The first-order valence-electron chi connectivity index (χ1n) is 6.13. The van der Waals surface area contributed by atoms with Crippen molar-refractivity contribution in [3.05, 3.63) is 29.3 Å². The molecule has 2 rings (SSSR count). The number of carbonyl (C=O) groups is 1. The molecule has 0 spiro atoms. The van der Waals surface area contributed by atoms with E-state index in [1.807, 2.05) is 26.0 Å². The quantitative estimate of drug-likeness (QED) is 0.633. The Bertz CT molecular complexity index is 627. The minimum absolute atomic E-state index is 0.301. The van der Waals surface area contributed by atoms with Crippen molar-refractivity contribution in [1.82, 2.24) is 20.2 Å². The van der Waals surface area contributed by atoms with E-state index in [4.69, 9.17) is 4.74 Å². The standard InChI is InChI=1S/C13H16N4O2S/c1-8-5-6-11(9(2)7-8)17-13(14-15-16-17)20-10(3)12(18)19-4/h5-7,10H,1-4H3/t10-/m1/s1. The lowest BCUT2D eigenvalue weighted by Crippen LogP contribution is -2.15. The van der Waals surface area contributed by atoms with Crippen molar-refractivity contribution >= 4 is 17.7 Å². The second kappa shape index (κ2) is 6.04. The molecule has 0 unspecified atom stereocenters. The van der Waals surface area contributed by atoms with E-state index in [9.17, 15) is 4.79 Å². The Hall–Kier alpha value is -1.89. The number of tetrazole rings is 1. The van der Waals surface area contributed by atoms with Crippen molar-refractivity contribution in [3.8, 4) is 5.69 Å². The molecular weight excluding hydrogens is 276 g/mol. The van der Waals surface area contributed by atoms with Gasteiger partial charge in [0.25, 0.3) is 0 Å². The second-order valence-electron chi connectivity index (χ2n) is 4.45. The average Bonchev–Trinajstić information content (AvgIpc) is 2.85. The molecule has 6 nitrogen and oxygen atoms in total. The minimum atomic E-state index is -0.365. The summed E-state index contributed by atoms with van der Waals surface area (Å²) in [5, 5.41) is 11.9. The third kappa shape index (κ3) is 2.98. The number of hydrogen-bond acceptors (Lipinski definition) is 6. The van der Waals surface area contributed by atoms with Gasteiger partial charge in [-0.2, -0.15) is 4.68 Å². The summed E-state index contributed by atoms with van der Waals surface area (Å²) in [6, 6.07) is 6.03. The van der Waals surface area contributed by atoms with Gasteiger partial charge in [-0.05, 0) is 42.8 Å². The number of ether oxygens (including phenoxy) is 1. The van der Waals surface area contributed by atoms with Gasteiger partial charge in [0, 0.05) is 0 Å². The Morgan fingerprint density at radius 2 is 2.15 bits per heavy atom. The summed E-state index contributed by atoms with van der Waals surface area (Å²) in [5.41, 5.74) is 3.15. The lowest BCUT2D eigenvalue weighted by atomic mass is 10.1. The number of hydrogen-bond donors (Lipinski definition) is 0. The van der Waals surface area contributed by atoms with Gasteiger partial charge in [-0.3, -0.25) is 4.79 Å². The van der Waals surface area contributed by atoms with E-state index < -0.39 is 0 Å². The number of aryl methyl sites for hydroxylation is 2. The molecule has 0 aliphatic carbocycles. The van der Waals surface area contributed by atoms with Gasteiger partial charge in [0.1, 0.15) is 5.25 Å². The molecule has 1 aromatic heterocycles. The number of methoxy groups -OCH3 is 1. The van der Waals surface area contributed by atoms with E-state index in [1.165, 1.54) is 24.4 Å². The van der Waals surface area contributed by atoms with E-state index in [-0.39, 0.29) is 11.2 Å². The van der Waals surface area contributed by atoms with Crippen LogP contribution in [0.25, 0.3) is 5.69 Å². The first-order valence-corrected chi connectivity index (χ1v) is 7.01. The molecule has 0 amide bonds. The molecule has 1 heterocycles. The fourth-order valence-electron chi connectivity index (χ4n) is 1.82. The Morgan fingerprint density at radius 3 is 2.80 bits per heavy atom. The molecule has 0 saturated heterocycles. The van der Waals surface area contributed by atoms with Crippen LogP contribution < -0.4 is 0 Å². The highest BCUT2D eigenvalue weighted by Gasteiger charge is 2.20. The molecule has 2 aromatic rings. The van der Waals surface area contributed by atoms with E-state index >= 15 is 0 Å². The summed E-state index contributed by atoms with van der Waals surface area (Å²) in [7, 11) is 1.37. The fourth-order valence-corrected chi connectivity index (χ4v) is 2.65. The molecule has 0 aliphatic rings. The Morgan fingerprint density at radius 1 is 1.40 bits per heavy atom. The number of aromatic nitrogens is 4. The topological polar surface area (TPSA) is 69.9 Å². The minimum Gasteiger partial charge on any atom is -0.468 e. The summed E-state index contributed by atoms with van der Waals surface area (Å²) in [6.07, 6.45) is 0. The van der Waals surface area contributed by atoms with Crippen LogP contribution in [0.15, 0.2) is 23.4 Å². The van der Waals surface area contributed by atoms with Gasteiger partial charge in [0.15, 0.2) is 0 Å². The Balaban J connectivity index is 2.31. The lowest BCUT2D eigenvalue weighted by Gasteiger charge is -2.10. The highest BCUT2D eigenvalue weighted by Crippen LogP contribution is 2.25. The Kier molecular flexibility index (Phi) is 4.39. The van der Waals surface area contributed by atoms with Crippen LogP contribution in [0.5, 0.6) is 0 Å². The highest BCUT2D eigenvalue weighted by atomic mass is 32.2. The van der Waals surface area contributed by atoms with Gasteiger partial charge >= 0.3 is 5.97 Å². The van der Waals surface area contributed by atoms with E-state index in [2.05, 4.69) is 21.6 Å². The van der Waals surface area contributed by atoms with Crippen LogP contribution >= 0.6 is 11.8 Å². The molecule has 0 fully saturated rings. The predicted molar refractivity (Wildman–Crippen MR) is 76.0 cm³/mol. The zero-order valence-electron chi connectivity index (χ0n) is 11.8. The zero-order chi connectivity index (χ0) is 14.7. The van der Waals surface area contributed by atoms with Crippen molar-refractivity contribution in [2.24, 2.45) is 0 Å². The van der Waals surface area contributed by atoms with Crippen LogP contribution in [0.2, 0.25) is 0 Å². The second-order valence-corrected chi connectivity index (χ2v) is 5.75. The maximum Gasteiger partial charge on any atom is 0.318 e. The van der Waals surface area contributed by atoms with Gasteiger partial charge < -0.3 is 4.74 Å². The van der Waals surface area contributed by atoms with Crippen LogP contribution in [-0.4, -0.2) is 38.5 Å². The van der Waals surface area contributed by atoms with E-state index in [0.717, 1.165) is 11.3 Å². The summed E-state index contributed by atoms with van der Waals surface area (Å²) in [5.74, 6) is -0.301. The normalized spacial score (nSPS) is 12.2. The number of carbonyl (C=O) groups excluding carboxylic acids is 1. The van der Waals surface area contributed by atoms with Gasteiger partial charge in [0.05, 0.1) is 12.8 Å². The zero-order valence-corrected chi connectivity index (χ0v) is 12.6. The smallest absolute Gasteiger partial charge is 0.318 e. The van der Waals surface area contributed by atoms with Gasteiger partial charge in [-0.25, -0.2) is 0 Å². The summed E-state index contributed by atoms with van der Waals surface area (Å²) in [6.45, 7) is 5.80. The molecule has 0 radical (unpaired) electrons. The number of rotatable bonds is 4. The first kappa shape index (κ1) is 14.5. The van der Waals surface area contributed by atoms with Crippen LogP contribution in [0.1, 0.15) is 18.1 Å². The third-order valence-corrected chi connectivity index (χ3v) is 3.85. The molecule has 0 bridgehead atoms. The molecule has 106 valence electrons. The molecule has 0 saturated carbocycles. The maximum atomic E-state index is 11.5. The van der Waals surface area contributed by atoms with Crippen molar-refractivity contribution in [2.75, 3.05) is 7.11 Å². The average molecular weight is 292 g/mol. The first-order chi connectivity index (χ1) is 9.52. The molecular formula is C13H16N4O2S. The highest BCUT2D eigenvalue weighted by molar-refractivity contribution is 8.00. The third-order valence-electron chi connectivity index (χ3n) is 2.84. The van der Waals surface area contributed by atoms with Gasteiger partial charge in [-0.15, -0.1) is 5.10 Å². The molecule has 20 heavy (non-hydrogen) atoms. The lowest BCUT2D eigenvalue weighted by molar-refractivity contribution is -0.139. The van der Waals surface area contributed by atoms with Crippen LogP contribution in [0, 0.1) is 13.8 Å². The largest absolute Gasteiger partial charge is 0.468 e. The molecule has 7 heteroatoms. The van der Waals surface area contributed by atoms with E-state index in [0.29, 0.717) is 5.16 Å². The maximum absolute atomic E-state index is 11.5. The van der Waals surface area contributed by atoms with Crippen LogP contribution in [0.4, 0.5) is 0 Å². The monoisotopic (exact) mass is 292 g/mol. The molecule has 0 aliphatic heterocycles. The SMILES string of the molecule is COC(=O)[C@@H](C)Sc1nnnn1-c1ccc(C)cc1C. The molecule has 1 atom stereocenters.